The number of rotatable bonds is 1. The average Bonchev–Trinajstić information content (AvgIpc) is 3.03. The van der Waals surface area contributed by atoms with E-state index in [4.69, 9.17) is 10.7 Å². The molecule has 0 aliphatic heterocycles. The van der Waals surface area contributed by atoms with Crippen LogP contribution < -0.4 is 5.73 Å². The molecule has 4 heteroatoms. The monoisotopic (exact) mass is 378 g/mol. The van der Waals surface area contributed by atoms with Gasteiger partial charge in [-0.05, 0) is 34.6 Å². The van der Waals surface area contributed by atoms with E-state index < -0.39 is 0 Å². The summed E-state index contributed by atoms with van der Waals surface area (Å²) in [6, 6.07) is 20.9. The third kappa shape index (κ3) is 2.34. The third-order valence-corrected chi connectivity index (χ3v) is 6.13. The fourth-order valence-corrected chi connectivity index (χ4v) is 4.93. The van der Waals surface area contributed by atoms with Crippen LogP contribution >= 0.6 is 0 Å². The van der Waals surface area contributed by atoms with Gasteiger partial charge in [0.15, 0.2) is 0 Å². The molecule has 2 N–H and O–H groups in total. The number of nitrogen functional groups attached to an aromatic ring is 1. The molecule has 0 atom stereocenters. The molecule has 0 saturated carbocycles. The van der Waals surface area contributed by atoms with E-state index in [2.05, 4.69) is 55.8 Å². The number of fused-ring (bicyclic) bond motifs is 5. The topological polar surface area (TPSA) is 67.6 Å². The fraction of sp³-hybridized carbons (Fsp3) is 0.200. The summed E-state index contributed by atoms with van der Waals surface area (Å²) in [6.45, 7) is 4.55. The molecule has 0 saturated heterocycles. The molecule has 4 nitrogen and oxygen atoms in total. The highest BCUT2D eigenvalue weighted by atomic mass is 15.0. The van der Waals surface area contributed by atoms with Gasteiger partial charge in [-0.15, -0.1) is 0 Å². The summed E-state index contributed by atoms with van der Waals surface area (Å²) < 4.78 is 2.22. The Labute approximate surface area is 170 Å². The van der Waals surface area contributed by atoms with Gasteiger partial charge in [0.1, 0.15) is 17.5 Å². The van der Waals surface area contributed by atoms with Gasteiger partial charge in [-0.25, -0.2) is 4.98 Å². The first kappa shape index (κ1) is 17.5. The smallest absolute Gasteiger partial charge is 0.142 e. The molecule has 1 aliphatic carbocycles. The lowest BCUT2D eigenvalue weighted by molar-refractivity contribution is 0.518. The number of anilines is 1. The van der Waals surface area contributed by atoms with Crippen LogP contribution in [0.3, 0.4) is 0 Å². The molecule has 0 bridgehead atoms. The molecule has 2 heterocycles. The van der Waals surface area contributed by atoms with Crippen molar-refractivity contribution in [2.75, 3.05) is 5.73 Å². The first-order chi connectivity index (χ1) is 13.9. The van der Waals surface area contributed by atoms with E-state index in [1.54, 1.807) is 0 Å². The van der Waals surface area contributed by atoms with Gasteiger partial charge in [0.25, 0.3) is 0 Å². The van der Waals surface area contributed by atoms with Crippen LogP contribution in [-0.2, 0) is 18.9 Å². The average molecular weight is 378 g/mol. The second-order valence-electron chi connectivity index (χ2n) is 8.41. The minimum atomic E-state index is -0.1000. The van der Waals surface area contributed by atoms with Crippen LogP contribution in [0.25, 0.3) is 33.4 Å². The van der Waals surface area contributed by atoms with Crippen LogP contribution in [0.5, 0.6) is 0 Å². The number of para-hydroxylation sites is 1. The van der Waals surface area contributed by atoms with Crippen LogP contribution in [0, 0.1) is 11.3 Å². The quantitative estimate of drug-likeness (QED) is 0.495. The molecule has 1 aliphatic rings. The Morgan fingerprint density at radius 3 is 2.48 bits per heavy atom. The van der Waals surface area contributed by atoms with Crippen molar-refractivity contribution in [3.8, 4) is 28.6 Å². The van der Waals surface area contributed by atoms with Gasteiger partial charge < -0.3 is 10.3 Å². The van der Waals surface area contributed by atoms with Gasteiger partial charge in [0.05, 0.1) is 11.4 Å². The van der Waals surface area contributed by atoms with Crippen molar-refractivity contribution in [2.24, 2.45) is 7.05 Å². The third-order valence-electron chi connectivity index (χ3n) is 6.13. The number of hydrogen-bond donors (Lipinski definition) is 1. The van der Waals surface area contributed by atoms with E-state index in [1.165, 1.54) is 16.5 Å². The summed E-state index contributed by atoms with van der Waals surface area (Å²) in [4.78, 5) is 4.77. The highest BCUT2D eigenvalue weighted by Gasteiger charge is 2.38. The Bertz CT molecular complexity index is 1320. The second kappa shape index (κ2) is 5.96. The lowest BCUT2D eigenvalue weighted by Crippen LogP contribution is -2.27. The molecule has 0 unspecified atom stereocenters. The number of hydrogen-bond acceptors (Lipinski definition) is 3. The van der Waals surface area contributed by atoms with E-state index in [0.717, 1.165) is 34.5 Å². The predicted molar refractivity (Wildman–Crippen MR) is 117 cm³/mol. The van der Waals surface area contributed by atoms with Gasteiger partial charge >= 0.3 is 0 Å². The highest BCUT2D eigenvalue weighted by Crippen LogP contribution is 2.50. The molecule has 142 valence electrons. The standard InChI is InChI=1S/C25H22N4/c1-25(2)13-17-20(15-9-5-4-6-10-15)18(14-26)24(27)28-22(17)23-21(25)16-11-7-8-12-19(16)29(23)3/h4-12H,13H2,1-3H3,(H2,27,28). The Morgan fingerprint density at radius 2 is 1.76 bits per heavy atom. The van der Waals surface area contributed by atoms with E-state index in [9.17, 15) is 5.26 Å². The zero-order valence-electron chi connectivity index (χ0n) is 16.8. The van der Waals surface area contributed by atoms with Crippen molar-refractivity contribution in [1.82, 2.24) is 9.55 Å². The zero-order valence-corrected chi connectivity index (χ0v) is 16.8. The van der Waals surface area contributed by atoms with E-state index in [0.29, 0.717) is 11.4 Å². The van der Waals surface area contributed by atoms with Crippen LogP contribution in [0.4, 0.5) is 5.82 Å². The summed E-state index contributed by atoms with van der Waals surface area (Å²) >= 11 is 0. The molecule has 0 radical (unpaired) electrons. The SMILES string of the molecule is Cn1c2c(c3ccccc31)C(C)(C)Cc1c-2nc(N)c(C#N)c1-c1ccccc1. The Balaban J connectivity index is 1.96. The van der Waals surface area contributed by atoms with Gasteiger partial charge in [-0.2, -0.15) is 5.26 Å². The number of nitrogens with two attached hydrogens (primary N) is 1. The number of nitriles is 1. The molecule has 0 amide bonds. The Kier molecular flexibility index (Phi) is 3.60. The lowest BCUT2D eigenvalue weighted by Gasteiger charge is -2.34. The summed E-state index contributed by atoms with van der Waals surface area (Å²) in [5, 5.41) is 11.1. The van der Waals surface area contributed by atoms with Crippen LogP contribution in [0.15, 0.2) is 54.6 Å². The molecule has 5 rings (SSSR count). The number of nitrogens with zero attached hydrogens (tertiary/aromatic N) is 3. The minimum Gasteiger partial charge on any atom is -0.383 e. The zero-order chi connectivity index (χ0) is 20.3. The second-order valence-corrected chi connectivity index (χ2v) is 8.41. The molecule has 2 aromatic carbocycles. The van der Waals surface area contributed by atoms with Crippen LogP contribution in [-0.4, -0.2) is 9.55 Å². The van der Waals surface area contributed by atoms with Gasteiger partial charge in [0, 0.05) is 23.5 Å². The van der Waals surface area contributed by atoms with Gasteiger partial charge in [-0.3, -0.25) is 0 Å². The Morgan fingerprint density at radius 1 is 1.07 bits per heavy atom. The maximum absolute atomic E-state index is 9.88. The predicted octanol–water partition coefficient (Wildman–Crippen LogP) is 5.19. The van der Waals surface area contributed by atoms with Crippen molar-refractivity contribution in [3.63, 3.8) is 0 Å². The summed E-state index contributed by atoms with van der Waals surface area (Å²) in [5.41, 5.74) is 14.2. The fourth-order valence-electron chi connectivity index (χ4n) is 4.93. The maximum atomic E-state index is 9.88. The van der Waals surface area contributed by atoms with Crippen LogP contribution in [0.2, 0.25) is 0 Å². The number of pyridine rings is 1. The number of benzene rings is 2. The number of aryl methyl sites for hydroxylation is 1. The van der Waals surface area contributed by atoms with Crippen molar-refractivity contribution < 1.29 is 0 Å². The summed E-state index contributed by atoms with van der Waals surface area (Å²) in [6.07, 6.45) is 0.801. The molecular weight excluding hydrogens is 356 g/mol. The van der Waals surface area contributed by atoms with Gasteiger partial charge in [0.2, 0.25) is 0 Å². The van der Waals surface area contributed by atoms with E-state index >= 15 is 0 Å². The number of aromatic nitrogens is 2. The van der Waals surface area contributed by atoms with Crippen molar-refractivity contribution in [2.45, 2.75) is 25.7 Å². The molecule has 4 aromatic rings. The first-order valence-corrected chi connectivity index (χ1v) is 9.80. The molecule has 0 spiro atoms. The normalized spacial score (nSPS) is 14.3. The van der Waals surface area contributed by atoms with Crippen molar-refractivity contribution >= 4 is 16.7 Å². The largest absolute Gasteiger partial charge is 0.383 e. The molecular formula is C25H22N4. The van der Waals surface area contributed by atoms with Crippen molar-refractivity contribution in [1.29, 1.82) is 5.26 Å². The van der Waals surface area contributed by atoms with E-state index in [1.807, 2.05) is 30.3 Å². The highest BCUT2D eigenvalue weighted by molar-refractivity contribution is 5.96. The first-order valence-electron chi connectivity index (χ1n) is 9.80. The van der Waals surface area contributed by atoms with Crippen LogP contribution in [0.1, 0.15) is 30.5 Å². The molecule has 29 heavy (non-hydrogen) atoms. The maximum Gasteiger partial charge on any atom is 0.142 e. The lowest BCUT2D eigenvalue weighted by atomic mass is 9.71. The Hall–Kier alpha value is -3.58. The summed E-state index contributed by atoms with van der Waals surface area (Å²) in [5.74, 6) is 0.293. The minimum absolute atomic E-state index is 0.1000. The molecule has 0 fully saturated rings. The van der Waals surface area contributed by atoms with Gasteiger partial charge in [-0.1, -0.05) is 62.4 Å². The van der Waals surface area contributed by atoms with E-state index in [-0.39, 0.29) is 5.41 Å². The summed E-state index contributed by atoms with van der Waals surface area (Å²) in [7, 11) is 2.09. The van der Waals surface area contributed by atoms with Crippen molar-refractivity contribution in [3.05, 3.63) is 71.3 Å². The molecule has 2 aromatic heterocycles.